The third-order valence-corrected chi connectivity index (χ3v) is 4.84. The first-order chi connectivity index (χ1) is 12.1. The first-order valence-corrected chi connectivity index (χ1v) is 9.16. The van der Waals surface area contributed by atoms with Gasteiger partial charge in [-0.25, -0.2) is 4.98 Å². The Hall–Kier alpha value is -2.37. The zero-order valence-corrected chi connectivity index (χ0v) is 15.0. The Bertz CT molecular complexity index is 760. The summed E-state index contributed by atoms with van der Waals surface area (Å²) in [5.74, 6) is 0.618. The average molecular weight is 342 g/mol. The Balaban J connectivity index is 1.88. The smallest absolute Gasteiger partial charge is 0.287 e. The first kappa shape index (κ1) is 17.5. The van der Waals surface area contributed by atoms with E-state index in [1.54, 1.807) is 10.6 Å². The molecular formula is C19H26N4O2. The van der Waals surface area contributed by atoms with Crippen LogP contribution in [-0.4, -0.2) is 45.7 Å². The van der Waals surface area contributed by atoms with Gasteiger partial charge in [-0.15, -0.1) is 0 Å². The molecule has 0 saturated carbocycles. The zero-order chi connectivity index (χ0) is 17.8. The van der Waals surface area contributed by atoms with E-state index in [4.69, 9.17) is 0 Å². The van der Waals surface area contributed by atoms with E-state index >= 15 is 0 Å². The number of nitrogens with zero attached hydrogens (tertiary/aromatic N) is 3. The minimum Gasteiger partial charge on any atom is -0.349 e. The topological polar surface area (TPSA) is 66.7 Å². The molecule has 2 aromatic rings. The van der Waals surface area contributed by atoms with Gasteiger partial charge in [0.2, 0.25) is 5.82 Å². The third-order valence-electron chi connectivity index (χ3n) is 4.84. The van der Waals surface area contributed by atoms with Gasteiger partial charge >= 0.3 is 0 Å². The lowest BCUT2D eigenvalue weighted by molar-refractivity contribution is 0.0694. The van der Waals surface area contributed by atoms with Crippen LogP contribution in [0.4, 0.5) is 0 Å². The summed E-state index contributed by atoms with van der Waals surface area (Å²) in [5.41, 5.74) is 1.06. The highest BCUT2D eigenvalue weighted by molar-refractivity contribution is 6.02. The van der Waals surface area contributed by atoms with Gasteiger partial charge in [-0.05, 0) is 37.3 Å². The van der Waals surface area contributed by atoms with E-state index in [9.17, 15) is 9.59 Å². The van der Waals surface area contributed by atoms with Crippen molar-refractivity contribution in [3.63, 3.8) is 0 Å². The maximum Gasteiger partial charge on any atom is 0.287 e. The zero-order valence-electron chi connectivity index (χ0n) is 15.0. The molecule has 0 unspecified atom stereocenters. The molecule has 1 N–H and O–H groups in total. The molecule has 0 spiro atoms. The standard InChI is InChI=1S/C19H26N4O2/c1-3-4-10-20-18(24)17-21-16(15-7-5-6-11-23(15)17)19(25)22-12-8-14(2)9-13-22/h5-7,11,14H,3-4,8-10,12-13H2,1-2H3,(H,20,24). The molecule has 6 heteroatoms. The number of imidazole rings is 1. The summed E-state index contributed by atoms with van der Waals surface area (Å²) in [6.45, 7) is 6.41. The van der Waals surface area contributed by atoms with Crippen LogP contribution in [0.1, 0.15) is 60.6 Å². The molecule has 1 aliphatic heterocycles. The number of carbonyl (C=O) groups excluding carboxylic acids is 2. The number of hydrogen-bond acceptors (Lipinski definition) is 3. The number of fused-ring (bicyclic) bond motifs is 1. The van der Waals surface area contributed by atoms with E-state index in [0.717, 1.165) is 38.8 Å². The van der Waals surface area contributed by atoms with Gasteiger partial charge in [0.05, 0.1) is 5.52 Å². The van der Waals surface area contributed by atoms with Gasteiger partial charge in [-0.3, -0.25) is 14.0 Å². The number of rotatable bonds is 5. The lowest BCUT2D eigenvalue weighted by atomic mass is 9.99. The normalized spacial score (nSPS) is 15.5. The summed E-state index contributed by atoms with van der Waals surface area (Å²) in [7, 11) is 0. The van der Waals surface area contributed by atoms with Crippen LogP contribution in [0.25, 0.3) is 5.52 Å². The van der Waals surface area contributed by atoms with Crippen LogP contribution in [0.2, 0.25) is 0 Å². The van der Waals surface area contributed by atoms with Crippen molar-refractivity contribution in [1.82, 2.24) is 19.6 Å². The number of unbranched alkanes of at least 4 members (excludes halogenated alkanes) is 1. The fourth-order valence-electron chi connectivity index (χ4n) is 3.17. The highest BCUT2D eigenvalue weighted by Gasteiger charge is 2.27. The maximum atomic E-state index is 12.9. The SMILES string of the molecule is CCCCNC(=O)c1nc(C(=O)N2CCC(C)CC2)c2ccccn12. The highest BCUT2D eigenvalue weighted by atomic mass is 16.2. The molecule has 134 valence electrons. The van der Waals surface area contributed by atoms with E-state index in [-0.39, 0.29) is 17.6 Å². The number of likely N-dealkylation sites (tertiary alicyclic amines) is 1. The van der Waals surface area contributed by atoms with Gasteiger partial charge in [-0.2, -0.15) is 0 Å². The van der Waals surface area contributed by atoms with Gasteiger partial charge in [0, 0.05) is 25.8 Å². The Kier molecular flexibility index (Phi) is 5.36. The lowest BCUT2D eigenvalue weighted by Gasteiger charge is -2.29. The predicted octanol–water partition coefficient (Wildman–Crippen LogP) is 2.74. The third kappa shape index (κ3) is 3.67. The molecule has 3 rings (SSSR count). The van der Waals surface area contributed by atoms with E-state index < -0.39 is 0 Å². The number of amides is 2. The van der Waals surface area contributed by atoms with Crippen LogP contribution in [0.15, 0.2) is 24.4 Å². The number of carbonyl (C=O) groups is 2. The molecule has 0 aromatic carbocycles. The van der Waals surface area contributed by atoms with Gasteiger partial charge < -0.3 is 10.2 Å². The number of hydrogen-bond donors (Lipinski definition) is 1. The second-order valence-electron chi connectivity index (χ2n) is 6.82. The van der Waals surface area contributed by atoms with Gasteiger partial charge in [-0.1, -0.05) is 26.3 Å². The van der Waals surface area contributed by atoms with Crippen molar-refractivity contribution in [2.24, 2.45) is 5.92 Å². The van der Waals surface area contributed by atoms with Crippen LogP contribution in [-0.2, 0) is 0 Å². The quantitative estimate of drug-likeness (QED) is 0.850. The molecular weight excluding hydrogens is 316 g/mol. The van der Waals surface area contributed by atoms with E-state index in [1.165, 1.54) is 0 Å². The number of nitrogens with one attached hydrogen (secondary N) is 1. The van der Waals surface area contributed by atoms with E-state index in [0.29, 0.717) is 23.7 Å². The lowest BCUT2D eigenvalue weighted by Crippen LogP contribution is -2.38. The van der Waals surface area contributed by atoms with Crippen molar-refractivity contribution in [3.05, 3.63) is 35.9 Å². The van der Waals surface area contributed by atoms with Crippen molar-refractivity contribution < 1.29 is 9.59 Å². The van der Waals surface area contributed by atoms with Crippen LogP contribution >= 0.6 is 0 Å². The second kappa shape index (κ2) is 7.68. The number of piperidine rings is 1. The molecule has 1 aliphatic rings. The molecule has 1 fully saturated rings. The maximum absolute atomic E-state index is 12.9. The van der Waals surface area contributed by atoms with Crippen LogP contribution in [0, 0.1) is 5.92 Å². The molecule has 3 heterocycles. The van der Waals surface area contributed by atoms with Crippen LogP contribution in [0.3, 0.4) is 0 Å². The second-order valence-corrected chi connectivity index (χ2v) is 6.82. The largest absolute Gasteiger partial charge is 0.349 e. The minimum absolute atomic E-state index is 0.0804. The Morgan fingerprint density at radius 3 is 2.76 bits per heavy atom. The molecule has 0 atom stereocenters. The van der Waals surface area contributed by atoms with Crippen molar-refractivity contribution in [2.75, 3.05) is 19.6 Å². The van der Waals surface area contributed by atoms with Gasteiger partial charge in [0.1, 0.15) is 0 Å². The predicted molar refractivity (Wildman–Crippen MR) is 96.7 cm³/mol. The Morgan fingerprint density at radius 1 is 1.28 bits per heavy atom. The summed E-state index contributed by atoms with van der Waals surface area (Å²) in [4.78, 5) is 31.7. The minimum atomic E-state index is -0.235. The summed E-state index contributed by atoms with van der Waals surface area (Å²) in [6, 6.07) is 5.55. The summed E-state index contributed by atoms with van der Waals surface area (Å²) in [6.07, 6.45) is 5.75. The van der Waals surface area contributed by atoms with Crippen molar-refractivity contribution in [1.29, 1.82) is 0 Å². The monoisotopic (exact) mass is 342 g/mol. The molecule has 0 bridgehead atoms. The Labute approximate surface area is 148 Å². The molecule has 0 aliphatic carbocycles. The van der Waals surface area contributed by atoms with E-state index in [2.05, 4.69) is 24.1 Å². The number of pyridine rings is 1. The highest BCUT2D eigenvalue weighted by Crippen LogP contribution is 2.20. The molecule has 6 nitrogen and oxygen atoms in total. The summed E-state index contributed by atoms with van der Waals surface area (Å²) >= 11 is 0. The van der Waals surface area contributed by atoms with E-state index in [1.807, 2.05) is 23.1 Å². The fraction of sp³-hybridized carbons (Fsp3) is 0.526. The van der Waals surface area contributed by atoms with Crippen molar-refractivity contribution >= 4 is 17.3 Å². The van der Waals surface area contributed by atoms with Crippen LogP contribution in [0.5, 0.6) is 0 Å². The number of aromatic nitrogens is 2. The van der Waals surface area contributed by atoms with Gasteiger partial charge in [0.25, 0.3) is 11.8 Å². The van der Waals surface area contributed by atoms with Gasteiger partial charge in [0.15, 0.2) is 5.69 Å². The molecule has 2 amide bonds. The fourth-order valence-corrected chi connectivity index (χ4v) is 3.17. The Morgan fingerprint density at radius 2 is 2.04 bits per heavy atom. The van der Waals surface area contributed by atoms with Crippen molar-refractivity contribution in [3.8, 4) is 0 Å². The summed E-state index contributed by atoms with van der Waals surface area (Å²) in [5, 5.41) is 2.88. The van der Waals surface area contributed by atoms with Crippen LogP contribution < -0.4 is 5.32 Å². The first-order valence-electron chi connectivity index (χ1n) is 9.16. The molecule has 25 heavy (non-hydrogen) atoms. The summed E-state index contributed by atoms with van der Waals surface area (Å²) < 4.78 is 1.71. The average Bonchev–Trinajstić information content (AvgIpc) is 3.02. The molecule has 0 radical (unpaired) electrons. The molecule has 2 aromatic heterocycles. The van der Waals surface area contributed by atoms with Crippen molar-refractivity contribution in [2.45, 2.75) is 39.5 Å². The molecule has 1 saturated heterocycles.